The second kappa shape index (κ2) is 5.62. The summed E-state index contributed by atoms with van der Waals surface area (Å²) >= 11 is 0. The van der Waals surface area contributed by atoms with Gasteiger partial charge >= 0.3 is 0 Å². The van der Waals surface area contributed by atoms with E-state index in [1.54, 1.807) is 6.20 Å². The lowest BCUT2D eigenvalue weighted by Gasteiger charge is -2.29. The van der Waals surface area contributed by atoms with Gasteiger partial charge in [0.2, 0.25) is 0 Å². The molecule has 8 heteroatoms. The zero-order valence-corrected chi connectivity index (χ0v) is 11.7. The summed E-state index contributed by atoms with van der Waals surface area (Å²) in [6, 6.07) is 0. The minimum absolute atomic E-state index is 0.151. The molecule has 0 bridgehead atoms. The first kappa shape index (κ1) is 14.9. The van der Waals surface area contributed by atoms with Crippen LogP contribution in [-0.2, 0) is 16.9 Å². The van der Waals surface area contributed by atoms with Crippen LogP contribution in [0.3, 0.4) is 0 Å². The van der Waals surface area contributed by atoms with Crippen molar-refractivity contribution < 1.29 is 25.2 Å². The molecular weight excluding hydrogens is 278 g/mol. The summed E-state index contributed by atoms with van der Waals surface area (Å²) < 4.78 is 6.53. The molecule has 1 aromatic heterocycles. The van der Waals surface area contributed by atoms with Crippen molar-refractivity contribution in [1.82, 2.24) is 15.0 Å². The minimum atomic E-state index is -1.39. The Kier molecular flexibility index (Phi) is 3.98. The first-order valence-electron chi connectivity index (χ1n) is 7.32. The van der Waals surface area contributed by atoms with Crippen LogP contribution in [0.1, 0.15) is 37.8 Å². The highest BCUT2D eigenvalue weighted by molar-refractivity contribution is 5.08. The Morgan fingerprint density at radius 2 is 1.90 bits per heavy atom. The number of rotatable bonds is 3. The van der Waals surface area contributed by atoms with E-state index in [4.69, 9.17) is 4.74 Å². The third kappa shape index (κ3) is 2.82. The van der Waals surface area contributed by atoms with E-state index in [-0.39, 0.29) is 6.54 Å². The number of aliphatic hydroxyl groups excluding tert-OH is 3. The van der Waals surface area contributed by atoms with Crippen molar-refractivity contribution in [1.29, 1.82) is 0 Å². The molecule has 1 saturated heterocycles. The molecule has 4 atom stereocenters. The van der Waals surface area contributed by atoms with Gasteiger partial charge in [0.25, 0.3) is 0 Å². The van der Waals surface area contributed by atoms with Gasteiger partial charge in [0, 0.05) is 0 Å². The summed E-state index contributed by atoms with van der Waals surface area (Å²) in [7, 11) is 0. The molecule has 1 aliphatic heterocycles. The van der Waals surface area contributed by atoms with E-state index in [1.807, 2.05) is 0 Å². The molecule has 8 nitrogen and oxygen atoms in total. The predicted octanol–water partition coefficient (Wildman–Crippen LogP) is -1.13. The van der Waals surface area contributed by atoms with Gasteiger partial charge in [-0.3, -0.25) is 0 Å². The van der Waals surface area contributed by atoms with Gasteiger partial charge in [-0.1, -0.05) is 24.5 Å². The van der Waals surface area contributed by atoms with Crippen LogP contribution in [0.2, 0.25) is 0 Å². The number of nitrogens with zero attached hydrogens (tertiary/aromatic N) is 3. The Hall–Kier alpha value is -1.06. The summed E-state index contributed by atoms with van der Waals surface area (Å²) in [5.74, 6) is 0. The molecule has 21 heavy (non-hydrogen) atoms. The Bertz CT molecular complexity index is 488. The largest absolute Gasteiger partial charge is 0.387 e. The zero-order chi connectivity index (χ0) is 15.0. The van der Waals surface area contributed by atoms with E-state index < -0.39 is 30.2 Å². The quantitative estimate of drug-likeness (QED) is 0.557. The second-order valence-electron chi connectivity index (χ2n) is 5.96. The summed E-state index contributed by atoms with van der Waals surface area (Å²) in [5.41, 5.74) is -0.402. The molecule has 118 valence electrons. The van der Waals surface area contributed by atoms with Gasteiger partial charge in [-0.15, -0.1) is 5.10 Å². The highest BCUT2D eigenvalue weighted by Gasteiger charge is 2.42. The Morgan fingerprint density at radius 3 is 2.52 bits per heavy atom. The summed E-state index contributed by atoms with van der Waals surface area (Å²) in [6.45, 7) is 0.151. The molecule has 2 heterocycles. The van der Waals surface area contributed by atoms with Crippen LogP contribution in [0.15, 0.2) is 6.20 Å². The number of hydrogen-bond acceptors (Lipinski definition) is 7. The highest BCUT2D eigenvalue weighted by atomic mass is 16.6. The van der Waals surface area contributed by atoms with Crippen LogP contribution in [0.5, 0.6) is 0 Å². The Labute approximate surface area is 122 Å². The lowest BCUT2D eigenvalue weighted by Crippen LogP contribution is -2.34. The average Bonchev–Trinajstić information content (AvgIpc) is 3.03. The predicted molar refractivity (Wildman–Crippen MR) is 69.9 cm³/mol. The van der Waals surface area contributed by atoms with Crippen LogP contribution < -0.4 is 0 Å². The van der Waals surface area contributed by atoms with Crippen molar-refractivity contribution in [2.75, 3.05) is 0 Å². The Balaban J connectivity index is 1.68. The fraction of sp³-hybridized carbons (Fsp3) is 0.846. The van der Waals surface area contributed by atoms with Crippen LogP contribution in [0, 0.1) is 0 Å². The average molecular weight is 299 g/mol. The fourth-order valence-electron chi connectivity index (χ4n) is 3.06. The standard InChI is InChI=1S/C13H21N3O5/c17-10-8(21-12(19)11(10)18)6-16-7-9(14-15-16)13(20)4-2-1-3-5-13/h7-8,10-12,17-20H,1-6H2/t8-,10-,11-,12?/m1/s1. The van der Waals surface area contributed by atoms with Crippen molar-refractivity contribution in [3.05, 3.63) is 11.9 Å². The molecule has 0 amide bonds. The lowest BCUT2D eigenvalue weighted by atomic mass is 9.83. The molecule has 0 spiro atoms. The van der Waals surface area contributed by atoms with Crippen molar-refractivity contribution in [2.24, 2.45) is 0 Å². The molecule has 3 rings (SSSR count). The smallest absolute Gasteiger partial charge is 0.184 e. The first-order chi connectivity index (χ1) is 9.99. The van der Waals surface area contributed by atoms with E-state index in [1.165, 1.54) is 4.68 Å². The zero-order valence-electron chi connectivity index (χ0n) is 11.7. The van der Waals surface area contributed by atoms with Gasteiger partial charge in [-0.05, 0) is 12.8 Å². The molecule has 2 aliphatic rings. The highest BCUT2D eigenvalue weighted by Crippen LogP contribution is 2.35. The molecule has 1 aliphatic carbocycles. The van der Waals surface area contributed by atoms with Crippen LogP contribution in [-0.4, -0.2) is 60.0 Å². The van der Waals surface area contributed by atoms with E-state index in [0.717, 1.165) is 19.3 Å². The maximum atomic E-state index is 10.6. The molecular formula is C13H21N3O5. The molecule has 0 aromatic carbocycles. The van der Waals surface area contributed by atoms with Crippen LogP contribution >= 0.6 is 0 Å². The monoisotopic (exact) mass is 299 g/mol. The first-order valence-corrected chi connectivity index (χ1v) is 7.32. The van der Waals surface area contributed by atoms with Gasteiger partial charge in [-0.2, -0.15) is 0 Å². The van der Waals surface area contributed by atoms with E-state index in [9.17, 15) is 20.4 Å². The molecule has 1 saturated carbocycles. The van der Waals surface area contributed by atoms with Gasteiger partial charge < -0.3 is 25.2 Å². The minimum Gasteiger partial charge on any atom is -0.387 e. The molecule has 1 unspecified atom stereocenters. The number of aromatic nitrogens is 3. The topological polar surface area (TPSA) is 121 Å². The van der Waals surface area contributed by atoms with Gasteiger partial charge in [0.15, 0.2) is 6.29 Å². The van der Waals surface area contributed by atoms with Crippen LogP contribution in [0.25, 0.3) is 0 Å². The van der Waals surface area contributed by atoms with E-state index in [2.05, 4.69) is 10.3 Å². The van der Waals surface area contributed by atoms with Crippen molar-refractivity contribution in [3.8, 4) is 0 Å². The van der Waals surface area contributed by atoms with Crippen molar-refractivity contribution >= 4 is 0 Å². The number of hydrogen-bond donors (Lipinski definition) is 4. The molecule has 1 aromatic rings. The van der Waals surface area contributed by atoms with Crippen molar-refractivity contribution in [3.63, 3.8) is 0 Å². The van der Waals surface area contributed by atoms with E-state index in [0.29, 0.717) is 18.5 Å². The normalized spacial score (nSPS) is 36.0. The lowest BCUT2D eigenvalue weighted by molar-refractivity contribution is -0.129. The van der Waals surface area contributed by atoms with Crippen molar-refractivity contribution in [2.45, 2.75) is 68.9 Å². The van der Waals surface area contributed by atoms with Gasteiger partial charge in [0.1, 0.15) is 29.6 Å². The molecule has 2 fully saturated rings. The number of aliphatic hydroxyl groups is 4. The maximum absolute atomic E-state index is 10.6. The molecule has 0 radical (unpaired) electrons. The van der Waals surface area contributed by atoms with Gasteiger partial charge in [0.05, 0.1) is 12.7 Å². The fourth-order valence-corrected chi connectivity index (χ4v) is 3.06. The summed E-state index contributed by atoms with van der Waals surface area (Å²) in [5, 5.41) is 47.1. The Morgan fingerprint density at radius 1 is 1.19 bits per heavy atom. The van der Waals surface area contributed by atoms with Crippen LogP contribution in [0.4, 0.5) is 0 Å². The third-order valence-electron chi connectivity index (χ3n) is 4.40. The van der Waals surface area contributed by atoms with Gasteiger partial charge in [-0.25, -0.2) is 4.68 Å². The molecule has 4 N–H and O–H groups in total. The maximum Gasteiger partial charge on any atom is 0.184 e. The SMILES string of the molecule is OC1O[C@H](Cn2cc(C3(O)CCCCC3)nn2)[C@@H](O)[C@H]1O. The third-order valence-corrected chi connectivity index (χ3v) is 4.40. The summed E-state index contributed by atoms with van der Waals surface area (Å²) in [4.78, 5) is 0. The second-order valence-corrected chi connectivity index (χ2v) is 5.96. The number of ether oxygens (including phenoxy) is 1. The summed E-state index contributed by atoms with van der Waals surface area (Å²) in [6.07, 6.45) is 1.38. The van der Waals surface area contributed by atoms with E-state index >= 15 is 0 Å².